The normalized spacial score (nSPS) is 14.7. The molecular formula is C14H25BF4N-. The fourth-order valence-corrected chi connectivity index (χ4v) is 1.87. The first kappa shape index (κ1) is 19.1. The summed E-state index contributed by atoms with van der Waals surface area (Å²) < 4.78 is 39.0. The van der Waals surface area contributed by atoms with Gasteiger partial charge in [-0.25, -0.2) is 0 Å². The molecule has 0 atom stereocenters. The molecule has 0 saturated carbocycles. The van der Waals surface area contributed by atoms with Crippen molar-refractivity contribution in [1.29, 1.82) is 0 Å². The molecule has 0 aromatic rings. The monoisotopic (exact) mass is 294 g/mol. The van der Waals surface area contributed by atoms with Crippen LogP contribution in [0.5, 0.6) is 0 Å². The first-order valence-corrected chi connectivity index (χ1v) is 7.29. The predicted molar refractivity (Wildman–Crippen MR) is 78.0 cm³/mol. The lowest BCUT2D eigenvalue weighted by molar-refractivity contribution is 0.368. The number of rotatable bonds is 7. The smallest absolute Gasteiger partial charge is 0.418 e. The topological polar surface area (TPSA) is 3.24 Å². The third-order valence-corrected chi connectivity index (χ3v) is 2.99. The predicted octanol–water partition coefficient (Wildman–Crippen LogP) is 5.42. The van der Waals surface area contributed by atoms with Crippen LogP contribution in [0.25, 0.3) is 0 Å². The third kappa shape index (κ3) is 15.1. The Kier molecular flexibility index (Phi) is 10.3. The van der Waals surface area contributed by atoms with E-state index in [4.69, 9.17) is 0 Å². The molecule has 0 amide bonds. The van der Waals surface area contributed by atoms with Crippen molar-refractivity contribution in [3.8, 4) is 0 Å². The lowest BCUT2D eigenvalue weighted by Gasteiger charge is -2.21. The first-order chi connectivity index (χ1) is 9.33. The van der Waals surface area contributed by atoms with Crippen molar-refractivity contribution >= 4 is 7.25 Å². The van der Waals surface area contributed by atoms with E-state index < -0.39 is 7.25 Å². The molecule has 0 aromatic heterocycles. The van der Waals surface area contributed by atoms with Gasteiger partial charge in [0.2, 0.25) is 0 Å². The van der Waals surface area contributed by atoms with Gasteiger partial charge in [0.15, 0.2) is 0 Å². The van der Waals surface area contributed by atoms with Gasteiger partial charge in [0.05, 0.1) is 0 Å². The zero-order valence-electron chi connectivity index (χ0n) is 12.4. The van der Waals surface area contributed by atoms with Crippen LogP contribution in [-0.4, -0.2) is 25.2 Å². The molecule has 0 radical (unpaired) electrons. The van der Waals surface area contributed by atoms with Crippen LogP contribution in [0.2, 0.25) is 0 Å². The van der Waals surface area contributed by atoms with Crippen LogP contribution in [0.15, 0.2) is 23.9 Å². The molecule has 0 saturated heterocycles. The Hall–Kier alpha value is -0.935. The zero-order valence-corrected chi connectivity index (χ0v) is 12.4. The van der Waals surface area contributed by atoms with E-state index in [-0.39, 0.29) is 0 Å². The molecule has 20 heavy (non-hydrogen) atoms. The van der Waals surface area contributed by atoms with Crippen LogP contribution in [-0.2, 0) is 0 Å². The molecule has 1 heterocycles. The van der Waals surface area contributed by atoms with E-state index in [0.717, 1.165) is 6.54 Å². The minimum atomic E-state index is -6.00. The lowest BCUT2D eigenvalue weighted by Crippen LogP contribution is -2.20. The first-order valence-electron chi connectivity index (χ1n) is 7.29. The number of allylic oxidation sites excluding steroid dienone is 2. The van der Waals surface area contributed by atoms with Gasteiger partial charge >= 0.3 is 7.25 Å². The summed E-state index contributed by atoms with van der Waals surface area (Å²) in [4.78, 5) is 2.41. The number of nitrogens with zero attached hydrogens (tertiary/aromatic N) is 1. The highest BCUT2D eigenvalue weighted by atomic mass is 19.5. The number of hydrogen-bond acceptors (Lipinski definition) is 1. The van der Waals surface area contributed by atoms with Gasteiger partial charge in [-0.2, -0.15) is 0 Å². The molecular weight excluding hydrogens is 269 g/mol. The van der Waals surface area contributed by atoms with Crippen LogP contribution >= 0.6 is 0 Å². The summed E-state index contributed by atoms with van der Waals surface area (Å²) in [6.07, 6.45) is 15.1. The molecule has 0 fully saturated rings. The molecule has 0 N–H and O–H groups in total. The second-order valence-corrected chi connectivity index (χ2v) is 5.02. The second-order valence-electron chi connectivity index (χ2n) is 5.02. The summed E-state index contributed by atoms with van der Waals surface area (Å²) in [6.45, 7) is 6.77. The van der Waals surface area contributed by atoms with Crippen molar-refractivity contribution in [3.63, 3.8) is 0 Å². The fourth-order valence-electron chi connectivity index (χ4n) is 1.87. The molecule has 1 nitrogen and oxygen atoms in total. The second kappa shape index (κ2) is 10.8. The van der Waals surface area contributed by atoms with Gasteiger partial charge in [0.25, 0.3) is 0 Å². The van der Waals surface area contributed by atoms with Crippen LogP contribution in [0.3, 0.4) is 0 Å². The highest BCUT2D eigenvalue weighted by Gasteiger charge is 2.20. The molecule has 0 bridgehead atoms. The van der Waals surface area contributed by atoms with Gasteiger partial charge in [-0.3, -0.25) is 0 Å². The molecule has 118 valence electrons. The lowest BCUT2D eigenvalue weighted by atomic mass is 10.1. The molecule has 0 spiro atoms. The highest BCUT2D eigenvalue weighted by molar-refractivity contribution is 6.50. The standard InChI is InChI=1S/C14H25N.BF4/c1-3-4-5-6-7-8-11-15-12-9-14(2)10-13-15;2-1(3,4)5/h9-10,12H,3-8,11,13H2,1-2H3;/q;-1. The van der Waals surface area contributed by atoms with E-state index in [1.807, 2.05) is 0 Å². The summed E-state index contributed by atoms with van der Waals surface area (Å²) in [6, 6.07) is 0. The van der Waals surface area contributed by atoms with Gasteiger partial charge in [0, 0.05) is 13.1 Å². The molecule has 1 aliphatic heterocycles. The molecule has 0 unspecified atom stereocenters. The zero-order chi connectivity index (χ0) is 15.4. The minimum absolute atomic E-state index is 1.11. The Morgan fingerprint density at radius 3 is 2.10 bits per heavy atom. The van der Waals surface area contributed by atoms with Gasteiger partial charge in [-0.05, 0) is 25.6 Å². The molecule has 1 rings (SSSR count). The SMILES string of the molecule is CCCCCCCCN1C=CC(C)=CC1.F[B-](F)(F)F. The van der Waals surface area contributed by atoms with Crippen molar-refractivity contribution in [2.45, 2.75) is 52.4 Å². The molecule has 6 heteroatoms. The minimum Gasteiger partial charge on any atom is -0.418 e. The number of unbranched alkanes of at least 4 members (excludes halogenated alkanes) is 5. The maximum atomic E-state index is 9.75. The summed E-state index contributed by atoms with van der Waals surface area (Å²) in [7, 11) is -6.00. The summed E-state index contributed by atoms with van der Waals surface area (Å²) in [5, 5.41) is 0. The average molecular weight is 294 g/mol. The van der Waals surface area contributed by atoms with Crippen LogP contribution in [0, 0.1) is 0 Å². The van der Waals surface area contributed by atoms with Crippen molar-refractivity contribution < 1.29 is 17.3 Å². The van der Waals surface area contributed by atoms with Gasteiger partial charge in [0.1, 0.15) is 0 Å². The summed E-state index contributed by atoms with van der Waals surface area (Å²) >= 11 is 0. The van der Waals surface area contributed by atoms with Gasteiger partial charge in [-0.1, -0.05) is 50.7 Å². The Balaban J connectivity index is 0.000000621. The van der Waals surface area contributed by atoms with Crippen molar-refractivity contribution in [2.24, 2.45) is 0 Å². The molecule has 0 aromatic carbocycles. The van der Waals surface area contributed by atoms with E-state index in [0.29, 0.717) is 0 Å². The van der Waals surface area contributed by atoms with E-state index in [1.54, 1.807) is 0 Å². The Labute approximate surface area is 119 Å². The largest absolute Gasteiger partial charge is 0.673 e. The van der Waals surface area contributed by atoms with Crippen molar-refractivity contribution in [1.82, 2.24) is 4.90 Å². The van der Waals surface area contributed by atoms with E-state index in [2.05, 4.69) is 37.1 Å². The van der Waals surface area contributed by atoms with E-state index in [1.165, 1.54) is 50.6 Å². The molecule has 1 aliphatic rings. The van der Waals surface area contributed by atoms with E-state index >= 15 is 0 Å². The number of hydrogen-bond donors (Lipinski definition) is 0. The van der Waals surface area contributed by atoms with E-state index in [9.17, 15) is 17.3 Å². The third-order valence-electron chi connectivity index (χ3n) is 2.99. The Morgan fingerprint density at radius 2 is 1.60 bits per heavy atom. The van der Waals surface area contributed by atoms with Crippen LogP contribution in [0.4, 0.5) is 17.3 Å². The number of halogens is 4. The maximum Gasteiger partial charge on any atom is 0.673 e. The van der Waals surface area contributed by atoms with Gasteiger partial charge < -0.3 is 22.2 Å². The van der Waals surface area contributed by atoms with Crippen LogP contribution < -0.4 is 0 Å². The van der Waals surface area contributed by atoms with Crippen molar-refractivity contribution in [2.75, 3.05) is 13.1 Å². The molecule has 0 aliphatic carbocycles. The fraction of sp³-hybridized carbons (Fsp3) is 0.714. The Morgan fingerprint density at radius 1 is 1.05 bits per heavy atom. The Bertz CT molecular complexity index is 294. The summed E-state index contributed by atoms with van der Waals surface area (Å²) in [5.74, 6) is 0. The van der Waals surface area contributed by atoms with Crippen molar-refractivity contribution in [3.05, 3.63) is 23.9 Å². The highest BCUT2D eigenvalue weighted by Crippen LogP contribution is 2.09. The maximum absolute atomic E-state index is 9.75. The summed E-state index contributed by atoms with van der Waals surface area (Å²) in [5.41, 5.74) is 1.40. The van der Waals surface area contributed by atoms with Gasteiger partial charge in [-0.15, -0.1) is 0 Å². The average Bonchev–Trinajstić information content (AvgIpc) is 2.34. The van der Waals surface area contributed by atoms with Crippen LogP contribution in [0.1, 0.15) is 52.4 Å². The quantitative estimate of drug-likeness (QED) is 0.344.